The van der Waals surface area contributed by atoms with Gasteiger partial charge in [-0.1, -0.05) is 6.92 Å². The Morgan fingerprint density at radius 2 is 2.00 bits per heavy atom. The van der Waals surface area contributed by atoms with Gasteiger partial charge in [0.15, 0.2) is 8.32 Å². The van der Waals surface area contributed by atoms with Crippen molar-refractivity contribution in [1.29, 1.82) is 0 Å². The van der Waals surface area contributed by atoms with Crippen molar-refractivity contribution in [2.24, 2.45) is 0 Å². The summed E-state index contributed by atoms with van der Waals surface area (Å²) in [6.45, 7) is 7.51. The van der Waals surface area contributed by atoms with Gasteiger partial charge in [0.05, 0.1) is 0 Å². The van der Waals surface area contributed by atoms with Crippen LogP contribution < -0.4 is 0 Å². The molecule has 0 aliphatic heterocycles. The minimum atomic E-state index is -1.57. The van der Waals surface area contributed by atoms with Gasteiger partial charge in [-0.15, -0.1) is 31.2 Å². The number of hydrogen-bond donors (Lipinski definition) is 0. The fraction of sp³-hybridized carbons (Fsp3) is 0.600. The third-order valence-electron chi connectivity index (χ3n) is 2.01. The van der Waals surface area contributed by atoms with E-state index in [4.69, 9.17) is 4.43 Å². The Kier molecular flexibility index (Phi) is 14.4. The second-order valence-electron chi connectivity index (χ2n) is 3.56. The van der Waals surface area contributed by atoms with Crippen LogP contribution in [0.3, 0.4) is 0 Å². The smallest absolute Gasteiger partial charge is 0.182 e. The van der Waals surface area contributed by atoms with E-state index in [-0.39, 0.29) is 46.5 Å². The van der Waals surface area contributed by atoms with Crippen LogP contribution >= 0.6 is 24.8 Å². The molecule has 0 heterocycles. The van der Waals surface area contributed by atoms with Crippen molar-refractivity contribution in [3.63, 3.8) is 0 Å². The van der Waals surface area contributed by atoms with Crippen LogP contribution in [0, 0.1) is 6.08 Å². The van der Waals surface area contributed by atoms with Gasteiger partial charge in [0.25, 0.3) is 0 Å². The average Bonchev–Trinajstić information content (AvgIpc) is 2.53. The summed E-state index contributed by atoms with van der Waals surface area (Å²) in [4.78, 5) is 0. The molecule has 0 aromatic rings. The first kappa shape index (κ1) is 21.3. The van der Waals surface area contributed by atoms with E-state index in [1.807, 2.05) is 0 Å². The predicted molar refractivity (Wildman–Crippen MR) is 68.7 cm³/mol. The van der Waals surface area contributed by atoms with Crippen LogP contribution in [0.25, 0.3) is 0 Å². The first-order chi connectivity index (χ1) is 5.67. The molecule has 88 valence electrons. The fourth-order valence-electron chi connectivity index (χ4n) is 1.25. The molecular weight excluding hydrogens is 283 g/mol. The molecule has 0 aromatic carbocycles. The van der Waals surface area contributed by atoms with E-state index in [9.17, 15) is 0 Å². The molecule has 0 radical (unpaired) electrons. The van der Waals surface area contributed by atoms with E-state index in [1.165, 1.54) is 5.20 Å². The van der Waals surface area contributed by atoms with Gasteiger partial charge in [-0.05, 0) is 19.5 Å². The maximum absolute atomic E-state index is 5.85. The minimum Gasteiger partial charge on any atom is -0.416 e. The van der Waals surface area contributed by atoms with Crippen LogP contribution in [-0.4, -0.2) is 14.9 Å². The maximum atomic E-state index is 5.85. The van der Waals surface area contributed by atoms with Crippen molar-refractivity contribution in [2.45, 2.75) is 32.9 Å². The maximum Gasteiger partial charge on any atom is 0.182 e. The molecule has 0 spiro atoms. The standard InChI is InChI=1S/C10H17OSi.2ClH.Ti/c1-4-9-11-12(2,3)10-7-5-6-8-10;;;/h5,7H,4,6,9H2,1-3H3;2*1H;/q-1;;;. The molecule has 0 unspecified atom stereocenters. The Balaban J connectivity index is -0.000000480. The molecular formula is C10H19Cl2OSiTi-. The van der Waals surface area contributed by atoms with Gasteiger partial charge in [-0.3, -0.25) is 6.08 Å². The van der Waals surface area contributed by atoms with Crippen molar-refractivity contribution in [3.8, 4) is 0 Å². The first-order valence-electron chi connectivity index (χ1n) is 4.58. The van der Waals surface area contributed by atoms with Crippen LogP contribution in [0.5, 0.6) is 0 Å². The van der Waals surface area contributed by atoms with Gasteiger partial charge in [-0.2, -0.15) is 6.08 Å². The number of hydrogen-bond acceptors (Lipinski definition) is 1. The predicted octanol–water partition coefficient (Wildman–Crippen LogP) is 3.69. The topological polar surface area (TPSA) is 9.23 Å². The number of allylic oxidation sites excluding steroid dienone is 4. The van der Waals surface area contributed by atoms with Crippen LogP contribution in [0.15, 0.2) is 17.3 Å². The van der Waals surface area contributed by atoms with Crippen molar-refractivity contribution in [3.05, 3.63) is 23.4 Å². The molecule has 0 amide bonds. The molecule has 0 bridgehead atoms. The summed E-state index contributed by atoms with van der Waals surface area (Å²) in [5.74, 6) is 0. The molecule has 0 saturated carbocycles. The van der Waals surface area contributed by atoms with E-state index < -0.39 is 8.32 Å². The first-order valence-corrected chi connectivity index (χ1v) is 7.49. The zero-order valence-electron chi connectivity index (χ0n) is 9.50. The SMILES string of the molecule is CCCO[Si](C)(C)C1=[C-]CC=C1.Cl.Cl.[Ti]. The normalized spacial score (nSPS) is 13.4. The Hall–Kier alpha value is 0.951. The van der Waals surface area contributed by atoms with Crippen LogP contribution in [0.1, 0.15) is 19.8 Å². The van der Waals surface area contributed by atoms with Crippen molar-refractivity contribution >= 4 is 33.1 Å². The van der Waals surface area contributed by atoms with Gasteiger partial charge in [0.2, 0.25) is 0 Å². The summed E-state index contributed by atoms with van der Waals surface area (Å²) in [5, 5.41) is 1.33. The van der Waals surface area contributed by atoms with E-state index in [2.05, 4.69) is 38.2 Å². The third kappa shape index (κ3) is 6.98. The second kappa shape index (κ2) is 10.1. The van der Waals surface area contributed by atoms with E-state index in [1.54, 1.807) is 0 Å². The second-order valence-corrected chi connectivity index (χ2v) is 7.40. The van der Waals surface area contributed by atoms with E-state index in [0.717, 1.165) is 19.4 Å². The van der Waals surface area contributed by atoms with Crippen LogP contribution in [0.4, 0.5) is 0 Å². The van der Waals surface area contributed by atoms with E-state index >= 15 is 0 Å². The summed E-state index contributed by atoms with van der Waals surface area (Å²) in [6.07, 6.45) is 9.75. The minimum absolute atomic E-state index is 0. The third-order valence-corrected chi connectivity index (χ3v) is 4.58. The Labute approximate surface area is 122 Å². The quantitative estimate of drug-likeness (QED) is 0.568. The monoisotopic (exact) mass is 301 g/mol. The molecule has 0 saturated heterocycles. The zero-order chi connectivity index (χ0) is 9.03. The molecule has 0 N–H and O–H groups in total. The van der Waals surface area contributed by atoms with Gasteiger partial charge in [0.1, 0.15) is 0 Å². The summed E-state index contributed by atoms with van der Waals surface area (Å²) < 4.78 is 5.85. The number of rotatable bonds is 4. The average molecular weight is 302 g/mol. The molecule has 0 aromatic heterocycles. The Bertz CT molecular complexity index is 217. The summed E-state index contributed by atoms with van der Waals surface area (Å²) in [6, 6.07) is 0. The van der Waals surface area contributed by atoms with Gasteiger partial charge in [-0.25, -0.2) is 11.3 Å². The fourth-order valence-corrected chi connectivity index (χ4v) is 3.17. The zero-order valence-corrected chi connectivity index (χ0v) is 13.7. The number of halogens is 2. The van der Waals surface area contributed by atoms with Gasteiger partial charge < -0.3 is 4.43 Å². The molecule has 15 heavy (non-hydrogen) atoms. The Morgan fingerprint density at radius 1 is 1.40 bits per heavy atom. The molecule has 0 atom stereocenters. The van der Waals surface area contributed by atoms with E-state index in [0.29, 0.717) is 0 Å². The summed E-state index contributed by atoms with van der Waals surface area (Å²) in [5.41, 5.74) is 0. The molecule has 0 fully saturated rings. The van der Waals surface area contributed by atoms with Crippen molar-refractivity contribution < 1.29 is 26.1 Å². The van der Waals surface area contributed by atoms with Gasteiger partial charge in [0, 0.05) is 28.3 Å². The molecule has 1 aliphatic carbocycles. The molecule has 1 nitrogen and oxygen atoms in total. The largest absolute Gasteiger partial charge is 0.416 e. The van der Waals surface area contributed by atoms with Crippen molar-refractivity contribution in [1.82, 2.24) is 0 Å². The molecule has 1 aliphatic rings. The van der Waals surface area contributed by atoms with Crippen LogP contribution in [0.2, 0.25) is 13.1 Å². The van der Waals surface area contributed by atoms with Gasteiger partial charge >= 0.3 is 0 Å². The summed E-state index contributed by atoms with van der Waals surface area (Å²) in [7, 11) is -1.57. The summed E-state index contributed by atoms with van der Waals surface area (Å²) >= 11 is 0. The molecule has 5 heteroatoms. The molecule has 1 rings (SSSR count). The van der Waals surface area contributed by atoms with Crippen LogP contribution in [-0.2, 0) is 26.1 Å². The van der Waals surface area contributed by atoms with Crippen molar-refractivity contribution in [2.75, 3.05) is 6.61 Å². The Morgan fingerprint density at radius 3 is 2.40 bits per heavy atom.